The van der Waals surface area contributed by atoms with Crippen LogP contribution in [0, 0.1) is 10.1 Å². The van der Waals surface area contributed by atoms with E-state index in [4.69, 9.17) is 5.21 Å². The lowest BCUT2D eigenvalue weighted by atomic mass is 10.1. The molecule has 0 amide bonds. The van der Waals surface area contributed by atoms with E-state index in [0.29, 0.717) is 10.4 Å². The number of para-hydroxylation sites is 1. The van der Waals surface area contributed by atoms with Crippen molar-refractivity contribution in [2.24, 2.45) is 5.16 Å². The molecule has 1 aromatic heterocycles. The number of nitrogens with zero attached hydrogens (tertiary/aromatic N) is 2. The van der Waals surface area contributed by atoms with E-state index < -0.39 is 4.92 Å². The van der Waals surface area contributed by atoms with Gasteiger partial charge in [-0.25, -0.2) is 0 Å². The first-order valence-electron chi connectivity index (χ1n) is 4.73. The molecule has 0 aliphatic heterocycles. The highest BCUT2D eigenvalue weighted by Gasteiger charge is 2.19. The molecule has 17 heavy (non-hydrogen) atoms. The molecule has 1 heterocycles. The number of rotatable bonds is 3. The number of benzene rings is 1. The highest BCUT2D eigenvalue weighted by atomic mass is 32.1. The monoisotopic (exact) mass is 248 g/mol. The molecule has 1 N–H and O–H groups in total. The van der Waals surface area contributed by atoms with Gasteiger partial charge in [-0.2, -0.15) is 0 Å². The predicted molar refractivity (Wildman–Crippen MR) is 64.8 cm³/mol. The molecule has 0 aliphatic carbocycles. The lowest BCUT2D eigenvalue weighted by molar-refractivity contribution is -0.385. The lowest BCUT2D eigenvalue weighted by Crippen LogP contribution is -2.05. The van der Waals surface area contributed by atoms with E-state index in [1.807, 2.05) is 5.38 Å². The Bertz CT molecular complexity index is 564. The molecule has 2 aromatic rings. The van der Waals surface area contributed by atoms with E-state index >= 15 is 0 Å². The Morgan fingerprint density at radius 1 is 1.29 bits per heavy atom. The Kier molecular flexibility index (Phi) is 3.15. The second kappa shape index (κ2) is 4.75. The molecule has 0 spiro atoms. The summed E-state index contributed by atoms with van der Waals surface area (Å²) in [5.74, 6) is 0. The van der Waals surface area contributed by atoms with Crippen LogP contribution < -0.4 is 0 Å². The van der Waals surface area contributed by atoms with Crippen molar-refractivity contribution in [2.45, 2.75) is 0 Å². The smallest absolute Gasteiger partial charge is 0.278 e. The summed E-state index contributed by atoms with van der Waals surface area (Å²) in [6.45, 7) is 0. The van der Waals surface area contributed by atoms with Gasteiger partial charge in [0.25, 0.3) is 5.69 Å². The van der Waals surface area contributed by atoms with Crippen LogP contribution in [-0.4, -0.2) is 15.8 Å². The Balaban J connectivity index is 2.57. The topological polar surface area (TPSA) is 75.7 Å². The van der Waals surface area contributed by atoms with Gasteiger partial charge in [-0.1, -0.05) is 23.4 Å². The number of thiophene rings is 1. The minimum Gasteiger partial charge on any atom is -0.410 e. The van der Waals surface area contributed by atoms with Crippen LogP contribution >= 0.6 is 11.3 Å². The fourth-order valence-electron chi connectivity index (χ4n) is 1.48. The van der Waals surface area contributed by atoms with E-state index in [1.54, 1.807) is 30.3 Å². The highest BCUT2D eigenvalue weighted by Crippen LogP contribution is 2.23. The van der Waals surface area contributed by atoms with Crippen molar-refractivity contribution in [3.8, 4) is 0 Å². The number of nitro benzene ring substituents is 1. The molecule has 0 bridgehead atoms. The Morgan fingerprint density at radius 3 is 2.65 bits per heavy atom. The average molecular weight is 248 g/mol. The predicted octanol–water partition coefficient (Wildman–Crippen LogP) is 2.88. The number of hydrogen-bond acceptors (Lipinski definition) is 5. The van der Waals surface area contributed by atoms with Crippen molar-refractivity contribution >= 4 is 22.7 Å². The van der Waals surface area contributed by atoms with Crippen LogP contribution in [0.1, 0.15) is 10.4 Å². The first-order valence-corrected chi connectivity index (χ1v) is 5.61. The van der Waals surface area contributed by atoms with Crippen LogP contribution in [0.15, 0.2) is 46.9 Å². The maximum Gasteiger partial charge on any atom is 0.278 e. The van der Waals surface area contributed by atoms with Crippen LogP contribution in [0.3, 0.4) is 0 Å². The van der Waals surface area contributed by atoms with Gasteiger partial charge in [0, 0.05) is 6.07 Å². The van der Waals surface area contributed by atoms with Crippen molar-refractivity contribution in [3.63, 3.8) is 0 Å². The van der Waals surface area contributed by atoms with E-state index in [9.17, 15) is 10.1 Å². The highest BCUT2D eigenvalue weighted by molar-refractivity contribution is 7.12. The van der Waals surface area contributed by atoms with Gasteiger partial charge in [-0.15, -0.1) is 11.3 Å². The number of oxime groups is 1. The molecule has 5 nitrogen and oxygen atoms in total. The van der Waals surface area contributed by atoms with E-state index in [0.717, 1.165) is 0 Å². The maximum atomic E-state index is 10.9. The largest absolute Gasteiger partial charge is 0.410 e. The summed E-state index contributed by atoms with van der Waals surface area (Å²) in [4.78, 5) is 11.1. The van der Waals surface area contributed by atoms with Crippen molar-refractivity contribution in [2.75, 3.05) is 0 Å². The van der Waals surface area contributed by atoms with Gasteiger partial charge in [0.15, 0.2) is 0 Å². The molecular weight excluding hydrogens is 240 g/mol. The molecule has 0 aliphatic rings. The Labute approximate surface area is 101 Å². The van der Waals surface area contributed by atoms with Gasteiger partial charge in [-0.05, 0) is 17.5 Å². The van der Waals surface area contributed by atoms with Crippen molar-refractivity contribution < 1.29 is 10.1 Å². The molecule has 2 rings (SSSR count). The molecule has 86 valence electrons. The van der Waals surface area contributed by atoms with Crippen molar-refractivity contribution in [1.29, 1.82) is 0 Å². The second-order valence-electron chi connectivity index (χ2n) is 3.20. The lowest BCUT2D eigenvalue weighted by Gasteiger charge is -2.02. The molecule has 6 heteroatoms. The van der Waals surface area contributed by atoms with Crippen molar-refractivity contribution in [1.82, 2.24) is 0 Å². The summed E-state index contributed by atoms with van der Waals surface area (Å²) in [5, 5.41) is 24.9. The van der Waals surface area contributed by atoms with Crippen LogP contribution in [0.5, 0.6) is 0 Å². The summed E-state index contributed by atoms with van der Waals surface area (Å²) in [7, 11) is 0. The molecule has 0 radical (unpaired) electrons. The summed E-state index contributed by atoms with van der Waals surface area (Å²) < 4.78 is 0. The third kappa shape index (κ3) is 2.16. The summed E-state index contributed by atoms with van der Waals surface area (Å²) in [6.07, 6.45) is 0. The zero-order chi connectivity index (χ0) is 12.3. The van der Waals surface area contributed by atoms with Gasteiger partial charge in [0.2, 0.25) is 0 Å². The SMILES string of the molecule is O=[N+]([O-])c1ccccc1C(=NO)c1cccs1. The molecule has 0 saturated heterocycles. The summed E-state index contributed by atoms with van der Waals surface area (Å²) >= 11 is 1.36. The minimum atomic E-state index is -0.492. The number of hydrogen-bond donors (Lipinski definition) is 1. The fourth-order valence-corrected chi connectivity index (χ4v) is 2.21. The van der Waals surface area contributed by atoms with Crippen LogP contribution in [0.2, 0.25) is 0 Å². The maximum absolute atomic E-state index is 10.9. The van der Waals surface area contributed by atoms with Gasteiger partial charge < -0.3 is 5.21 Å². The third-order valence-corrected chi connectivity index (χ3v) is 3.09. The first kappa shape index (κ1) is 11.3. The molecule has 1 aromatic carbocycles. The van der Waals surface area contributed by atoms with Crippen LogP contribution in [0.25, 0.3) is 0 Å². The third-order valence-electron chi connectivity index (χ3n) is 2.21. The standard InChI is InChI=1S/C11H8N2O3S/c14-12-11(10-6-3-7-17-10)8-4-1-2-5-9(8)13(15)16/h1-7,14H. The quantitative estimate of drug-likeness (QED) is 0.392. The van der Waals surface area contributed by atoms with Gasteiger partial charge in [0.1, 0.15) is 5.71 Å². The fraction of sp³-hybridized carbons (Fsp3) is 0. The van der Waals surface area contributed by atoms with Crippen LogP contribution in [0.4, 0.5) is 5.69 Å². The summed E-state index contributed by atoms with van der Waals surface area (Å²) in [6, 6.07) is 9.73. The van der Waals surface area contributed by atoms with Crippen molar-refractivity contribution in [3.05, 3.63) is 62.3 Å². The zero-order valence-electron chi connectivity index (χ0n) is 8.61. The normalized spacial score (nSPS) is 11.4. The van der Waals surface area contributed by atoms with E-state index in [1.165, 1.54) is 17.4 Å². The molecule has 0 atom stereocenters. The molecule has 0 fully saturated rings. The Hall–Kier alpha value is -2.21. The van der Waals surface area contributed by atoms with E-state index in [2.05, 4.69) is 5.16 Å². The second-order valence-corrected chi connectivity index (χ2v) is 4.15. The molecular formula is C11H8N2O3S. The summed E-state index contributed by atoms with van der Waals surface area (Å²) in [5.41, 5.74) is 0.448. The van der Waals surface area contributed by atoms with E-state index in [-0.39, 0.29) is 11.4 Å². The zero-order valence-corrected chi connectivity index (χ0v) is 9.42. The van der Waals surface area contributed by atoms with Gasteiger partial charge in [-0.3, -0.25) is 10.1 Å². The Morgan fingerprint density at radius 2 is 2.06 bits per heavy atom. The molecule has 0 saturated carbocycles. The van der Waals surface area contributed by atoms with Crippen LogP contribution in [-0.2, 0) is 0 Å². The molecule has 0 unspecified atom stereocenters. The number of nitro groups is 1. The minimum absolute atomic E-state index is 0.0753. The van der Waals surface area contributed by atoms with Gasteiger partial charge in [0.05, 0.1) is 15.4 Å². The first-order chi connectivity index (χ1) is 8.24. The average Bonchev–Trinajstić information content (AvgIpc) is 2.84. The van der Waals surface area contributed by atoms with Gasteiger partial charge >= 0.3 is 0 Å².